The molecule has 2 aliphatic rings. The third kappa shape index (κ3) is 5.16. The number of sulfone groups is 1. The summed E-state index contributed by atoms with van der Waals surface area (Å²) in [6, 6.07) is 3.10. The van der Waals surface area contributed by atoms with Gasteiger partial charge in [-0.25, -0.2) is 18.4 Å². The molecule has 2 unspecified atom stereocenters. The van der Waals surface area contributed by atoms with E-state index in [0.29, 0.717) is 22.8 Å². The molecule has 2 atom stereocenters. The number of benzene rings is 1. The van der Waals surface area contributed by atoms with Crippen molar-refractivity contribution in [2.24, 2.45) is 0 Å². The first-order valence-corrected chi connectivity index (χ1v) is 13.1. The number of ether oxygens (including phenoxy) is 2. The molecule has 11 heteroatoms. The molecule has 0 radical (unpaired) electrons. The number of piperidine rings is 1. The molecule has 33 heavy (non-hydrogen) atoms. The van der Waals surface area contributed by atoms with Crippen molar-refractivity contribution in [1.29, 1.82) is 0 Å². The second-order valence-corrected chi connectivity index (χ2v) is 10.8. The number of methoxy groups -OCH3 is 2. The molecule has 2 saturated heterocycles. The number of hydrogen-bond acceptors (Lipinski definition) is 10. The van der Waals surface area contributed by atoms with Gasteiger partial charge in [-0.05, 0) is 25.3 Å². The van der Waals surface area contributed by atoms with E-state index in [-0.39, 0.29) is 31.2 Å². The van der Waals surface area contributed by atoms with Crippen LogP contribution in [0.5, 0.6) is 11.5 Å². The van der Waals surface area contributed by atoms with E-state index in [1.54, 1.807) is 19.1 Å². The quantitative estimate of drug-likeness (QED) is 0.554. The van der Waals surface area contributed by atoms with E-state index < -0.39 is 22.0 Å². The minimum Gasteiger partial charge on any atom is -0.493 e. The molecule has 3 heterocycles. The molecule has 2 aromatic rings. The lowest BCUT2D eigenvalue weighted by atomic mass is 10.1. The molecule has 1 aromatic carbocycles. The van der Waals surface area contributed by atoms with Gasteiger partial charge in [0.25, 0.3) is 0 Å². The molecule has 0 spiro atoms. The van der Waals surface area contributed by atoms with Gasteiger partial charge in [0.1, 0.15) is 11.6 Å². The Balaban J connectivity index is 1.76. The summed E-state index contributed by atoms with van der Waals surface area (Å²) in [5, 5.41) is 20.8. The van der Waals surface area contributed by atoms with Gasteiger partial charge in [0.15, 0.2) is 21.3 Å². The molecule has 182 valence electrons. The van der Waals surface area contributed by atoms with Crippen molar-refractivity contribution in [2.75, 3.05) is 56.9 Å². The number of rotatable bonds is 8. The monoisotopic (exact) mass is 480 g/mol. The average molecular weight is 481 g/mol. The number of anilines is 1. The minimum atomic E-state index is -3.33. The van der Waals surface area contributed by atoms with Crippen LogP contribution in [0, 0.1) is 0 Å². The van der Waals surface area contributed by atoms with E-state index in [2.05, 4.69) is 4.90 Å². The molecular formula is C22H32N4O6S. The largest absolute Gasteiger partial charge is 0.493 e. The second-order valence-electron chi connectivity index (χ2n) is 8.64. The van der Waals surface area contributed by atoms with Crippen LogP contribution in [0.3, 0.4) is 0 Å². The van der Waals surface area contributed by atoms with Crippen molar-refractivity contribution in [3.8, 4) is 11.5 Å². The summed E-state index contributed by atoms with van der Waals surface area (Å²) >= 11 is 0. The third-order valence-electron chi connectivity index (χ3n) is 6.38. The van der Waals surface area contributed by atoms with Gasteiger partial charge in [-0.15, -0.1) is 0 Å². The van der Waals surface area contributed by atoms with Crippen LogP contribution in [0.25, 0.3) is 10.9 Å². The Labute approximate surface area is 194 Å². The fraction of sp³-hybridized carbons (Fsp3) is 0.636. The van der Waals surface area contributed by atoms with Crippen molar-refractivity contribution in [2.45, 2.75) is 38.0 Å². The highest BCUT2D eigenvalue weighted by Crippen LogP contribution is 2.36. The average Bonchev–Trinajstić information content (AvgIpc) is 3.09. The lowest BCUT2D eigenvalue weighted by molar-refractivity contribution is 0.0640. The summed E-state index contributed by atoms with van der Waals surface area (Å²) in [6.45, 7) is 2.03. The molecule has 2 fully saturated rings. The summed E-state index contributed by atoms with van der Waals surface area (Å²) < 4.78 is 35.1. The normalized spacial score (nSPS) is 22.8. The lowest BCUT2D eigenvalue weighted by Crippen LogP contribution is -2.44. The Hall–Kier alpha value is -2.21. The van der Waals surface area contributed by atoms with E-state index in [1.807, 2.05) is 12.1 Å². The van der Waals surface area contributed by atoms with Gasteiger partial charge in [-0.2, -0.15) is 0 Å². The van der Waals surface area contributed by atoms with Crippen LogP contribution < -0.4 is 14.4 Å². The van der Waals surface area contributed by atoms with Crippen LogP contribution >= 0.6 is 0 Å². The topological polar surface area (TPSA) is 125 Å². The van der Waals surface area contributed by atoms with E-state index in [0.717, 1.165) is 37.1 Å². The zero-order valence-corrected chi connectivity index (χ0v) is 19.9. The van der Waals surface area contributed by atoms with Gasteiger partial charge in [0, 0.05) is 31.1 Å². The summed E-state index contributed by atoms with van der Waals surface area (Å²) in [4.78, 5) is 13.6. The smallest absolute Gasteiger partial charge is 0.162 e. The molecule has 2 aliphatic heterocycles. The van der Waals surface area contributed by atoms with Crippen molar-refractivity contribution in [1.82, 2.24) is 14.9 Å². The zero-order chi connectivity index (χ0) is 23.6. The third-order valence-corrected chi connectivity index (χ3v) is 8.08. The first-order chi connectivity index (χ1) is 15.8. The van der Waals surface area contributed by atoms with Gasteiger partial charge in [-0.3, -0.25) is 4.90 Å². The van der Waals surface area contributed by atoms with Crippen LogP contribution in [0.1, 0.15) is 25.1 Å². The van der Waals surface area contributed by atoms with E-state index >= 15 is 0 Å². The van der Waals surface area contributed by atoms with Crippen LogP contribution in [0.15, 0.2) is 12.1 Å². The molecule has 1 aromatic heterocycles. The summed E-state index contributed by atoms with van der Waals surface area (Å²) in [6.07, 6.45) is 2.34. The summed E-state index contributed by atoms with van der Waals surface area (Å²) in [5.74, 6) is 2.05. The van der Waals surface area contributed by atoms with Gasteiger partial charge in [-0.1, -0.05) is 0 Å². The fourth-order valence-electron chi connectivity index (χ4n) is 4.74. The Bertz CT molecular complexity index is 1090. The summed E-state index contributed by atoms with van der Waals surface area (Å²) in [5.41, 5.74) is 0.696. The number of fused-ring (bicyclic) bond motifs is 1. The Morgan fingerprint density at radius 1 is 1.09 bits per heavy atom. The fourth-order valence-corrected chi connectivity index (χ4v) is 6.57. The molecule has 4 rings (SSSR count). The first-order valence-electron chi connectivity index (χ1n) is 11.3. The van der Waals surface area contributed by atoms with Crippen LogP contribution in [-0.4, -0.2) is 97.6 Å². The maximum Gasteiger partial charge on any atom is 0.162 e. The Morgan fingerprint density at radius 3 is 2.39 bits per heavy atom. The summed E-state index contributed by atoms with van der Waals surface area (Å²) in [7, 11) is -0.168. The zero-order valence-electron chi connectivity index (χ0n) is 19.1. The number of hydrogen-bond donors (Lipinski definition) is 2. The highest BCUT2D eigenvalue weighted by atomic mass is 32.2. The maximum atomic E-state index is 12.1. The predicted molar refractivity (Wildman–Crippen MR) is 125 cm³/mol. The highest BCUT2D eigenvalue weighted by Gasteiger charge is 2.40. The Kier molecular flexibility index (Phi) is 7.22. The van der Waals surface area contributed by atoms with E-state index in [9.17, 15) is 18.6 Å². The van der Waals surface area contributed by atoms with Crippen molar-refractivity contribution in [3.63, 3.8) is 0 Å². The molecule has 0 amide bonds. The number of aliphatic hydroxyl groups is 2. The highest BCUT2D eigenvalue weighted by molar-refractivity contribution is 7.91. The standard InChI is InChI=1S/C22H32N4O6S/c1-31-19-10-15-16(11-20(19)32-2)23-21(24-22(15)25-6-4-3-5-7-25)12-26(8-9-27)17-13-33(29,30)14-18(17)28/h10-11,17-18,27-28H,3-9,12-14H2,1-2H3. The van der Waals surface area contributed by atoms with Crippen molar-refractivity contribution >= 4 is 26.6 Å². The molecule has 10 nitrogen and oxygen atoms in total. The van der Waals surface area contributed by atoms with Crippen LogP contribution in [0.2, 0.25) is 0 Å². The molecule has 0 aliphatic carbocycles. The number of aliphatic hydroxyl groups excluding tert-OH is 2. The Morgan fingerprint density at radius 2 is 1.79 bits per heavy atom. The van der Waals surface area contributed by atoms with Crippen LogP contribution in [0.4, 0.5) is 5.82 Å². The van der Waals surface area contributed by atoms with Crippen LogP contribution in [-0.2, 0) is 16.4 Å². The second kappa shape index (κ2) is 9.96. The van der Waals surface area contributed by atoms with Gasteiger partial charge >= 0.3 is 0 Å². The van der Waals surface area contributed by atoms with Crippen molar-refractivity contribution in [3.05, 3.63) is 18.0 Å². The number of nitrogens with zero attached hydrogens (tertiary/aromatic N) is 4. The van der Waals surface area contributed by atoms with E-state index in [1.165, 1.54) is 6.42 Å². The van der Waals surface area contributed by atoms with Gasteiger partial charge in [0.05, 0.1) is 56.5 Å². The maximum absolute atomic E-state index is 12.1. The first kappa shape index (κ1) is 23.9. The lowest BCUT2D eigenvalue weighted by Gasteiger charge is -2.31. The minimum absolute atomic E-state index is 0.147. The molecular weight excluding hydrogens is 448 g/mol. The molecule has 2 N–H and O–H groups in total. The predicted octanol–water partition coefficient (Wildman–Crippen LogP) is 0.590. The van der Waals surface area contributed by atoms with Gasteiger partial charge < -0.3 is 24.6 Å². The van der Waals surface area contributed by atoms with Crippen molar-refractivity contribution < 1.29 is 28.1 Å². The molecule has 0 saturated carbocycles. The molecule has 0 bridgehead atoms. The number of aromatic nitrogens is 2. The van der Waals surface area contributed by atoms with Gasteiger partial charge in [0.2, 0.25) is 0 Å². The van der Waals surface area contributed by atoms with E-state index in [4.69, 9.17) is 19.4 Å². The SMILES string of the molecule is COc1cc2nc(CN(CCO)C3CS(=O)(=O)CC3O)nc(N3CCCCC3)c2cc1OC.